The second kappa shape index (κ2) is 7.39. The number of hydrogen-bond donors (Lipinski definition) is 1. The summed E-state index contributed by atoms with van der Waals surface area (Å²) in [6.45, 7) is 7.61. The number of aryl methyl sites for hydroxylation is 1. The number of thiophene rings is 1. The molecule has 1 aliphatic rings. The van der Waals surface area contributed by atoms with Crippen molar-refractivity contribution in [2.24, 2.45) is 0 Å². The van der Waals surface area contributed by atoms with Gasteiger partial charge in [0, 0.05) is 18.0 Å². The van der Waals surface area contributed by atoms with Gasteiger partial charge in [-0.05, 0) is 38.6 Å². The molecule has 0 aliphatic carbocycles. The van der Waals surface area contributed by atoms with E-state index in [4.69, 9.17) is 21.7 Å². The van der Waals surface area contributed by atoms with Gasteiger partial charge >= 0.3 is 5.97 Å². The van der Waals surface area contributed by atoms with Gasteiger partial charge in [0.15, 0.2) is 5.11 Å². The lowest BCUT2D eigenvalue weighted by Crippen LogP contribution is -2.49. The fourth-order valence-corrected chi connectivity index (χ4v) is 3.79. The summed E-state index contributed by atoms with van der Waals surface area (Å²) in [4.78, 5) is 15.1. The summed E-state index contributed by atoms with van der Waals surface area (Å²) in [7, 11) is 1.39. The number of anilines is 1. The van der Waals surface area contributed by atoms with E-state index in [2.05, 4.69) is 17.1 Å². The summed E-state index contributed by atoms with van der Waals surface area (Å²) in [6.07, 6.45) is 1.14. The SMILES string of the molecule is CCc1cc(C(=O)OC)c(NC(=S)N2CC(C)OC(C)C2)s1. The third-order valence-corrected chi connectivity index (χ3v) is 5.02. The molecule has 22 heavy (non-hydrogen) atoms. The molecular formula is C15H22N2O3S2. The first-order valence-corrected chi connectivity index (χ1v) is 8.59. The molecule has 0 amide bonds. The number of morpholine rings is 1. The van der Waals surface area contributed by atoms with Crippen LogP contribution in [0.15, 0.2) is 6.07 Å². The second-order valence-electron chi connectivity index (χ2n) is 5.39. The van der Waals surface area contributed by atoms with Crippen LogP contribution in [0.5, 0.6) is 0 Å². The molecule has 0 spiro atoms. The van der Waals surface area contributed by atoms with Crippen molar-refractivity contribution in [2.45, 2.75) is 39.4 Å². The Hall–Kier alpha value is -1.18. The normalized spacial score (nSPS) is 21.5. The number of ether oxygens (including phenoxy) is 2. The standard InChI is InChI=1S/C15H22N2O3S2/c1-5-11-6-12(14(18)19-4)13(22-11)16-15(21)17-7-9(2)20-10(3)8-17/h6,9-10H,5,7-8H2,1-4H3,(H,16,21). The van der Waals surface area contributed by atoms with Crippen molar-refractivity contribution in [3.05, 3.63) is 16.5 Å². The van der Waals surface area contributed by atoms with Crippen molar-refractivity contribution in [3.8, 4) is 0 Å². The monoisotopic (exact) mass is 342 g/mol. The molecule has 7 heteroatoms. The summed E-state index contributed by atoms with van der Waals surface area (Å²) in [5.74, 6) is -0.343. The molecule has 122 valence electrons. The quantitative estimate of drug-likeness (QED) is 0.673. The molecule has 1 N–H and O–H groups in total. The Bertz CT molecular complexity index is 549. The van der Waals surface area contributed by atoms with Crippen molar-refractivity contribution in [1.29, 1.82) is 0 Å². The van der Waals surface area contributed by atoms with E-state index in [0.29, 0.717) is 10.7 Å². The van der Waals surface area contributed by atoms with E-state index in [1.54, 1.807) is 0 Å². The number of nitrogens with one attached hydrogen (secondary N) is 1. The van der Waals surface area contributed by atoms with Crippen LogP contribution >= 0.6 is 23.6 Å². The molecule has 1 aliphatic heterocycles. The topological polar surface area (TPSA) is 50.8 Å². The summed E-state index contributed by atoms with van der Waals surface area (Å²) in [5.41, 5.74) is 0.543. The number of carbonyl (C=O) groups is 1. The molecule has 1 fully saturated rings. The average Bonchev–Trinajstić information content (AvgIpc) is 2.88. The van der Waals surface area contributed by atoms with Gasteiger partial charge in [-0.1, -0.05) is 6.92 Å². The Morgan fingerprint density at radius 3 is 2.68 bits per heavy atom. The molecule has 2 heterocycles. The van der Waals surface area contributed by atoms with Crippen LogP contribution < -0.4 is 5.32 Å². The fourth-order valence-electron chi connectivity index (χ4n) is 2.49. The zero-order valence-corrected chi connectivity index (χ0v) is 15.0. The van der Waals surface area contributed by atoms with E-state index in [0.717, 1.165) is 29.4 Å². The lowest BCUT2D eigenvalue weighted by molar-refractivity contribution is -0.0473. The Morgan fingerprint density at radius 2 is 2.14 bits per heavy atom. The molecule has 0 bridgehead atoms. The molecule has 2 atom stereocenters. The number of esters is 1. The third-order valence-electron chi connectivity index (χ3n) is 3.46. The van der Waals surface area contributed by atoms with Crippen molar-refractivity contribution in [2.75, 3.05) is 25.5 Å². The molecule has 2 unspecified atom stereocenters. The molecular weight excluding hydrogens is 320 g/mol. The van der Waals surface area contributed by atoms with Crippen molar-refractivity contribution in [1.82, 2.24) is 4.90 Å². The highest BCUT2D eigenvalue weighted by atomic mass is 32.1. The van der Waals surface area contributed by atoms with Crippen LogP contribution in [0, 0.1) is 0 Å². The van der Waals surface area contributed by atoms with E-state index in [1.807, 2.05) is 19.9 Å². The number of nitrogens with zero attached hydrogens (tertiary/aromatic N) is 1. The van der Waals surface area contributed by atoms with E-state index in [9.17, 15) is 4.79 Å². The van der Waals surface area contributed by atoms with Gasteiger partial charge in [0.05, 0.1) is 24.9 Å². The largest absolute Gasteiger partial charge is 0.465 e. The first kappa shape index (κ1) is 17.2. The van der Waals surface area contributed by atoms with Gasteiger partial charge in [0.1, 0.15) is 5.00 Å². The number of hydrogen-bond acceptors (Lipinski definition) is 5. The molecule has 0 saturated carbocycles. The van der Waals surface area contributed by atoms with E-state index < -0.39 is 0 Å². The van der Waals surface area contributed by atoms with Crippen molar-refractivity contribution in [3.63, 3.8) is 0 Å². The van der Waals surface area contributed by atoms with Gasteiger partial charge in [-0.25, -0.2) is 4.79 Å². The lowest BCUT2D eigenvalue weighted by Gasteiger charge is -2.36. The minimum atomic E-state index is -0.343. The van der Waals surface area contributed by atoms with Gasteiger partial charge in [-0.15, -0.1) is 11.3 Å². The number of methoxy groups -OCH3 is 1. The zero-order valence-electron chi connectivity index (χ0n) is 13.3. The Labute approximate surface area is 140 Å². The Kier molecular flexibility index (Phi) is 5.77. The van der Waals surface area contributed by atoms with Gasteiger partial charge in [0.25, 0.3) is 0 Å². The van der Waals surface area contributed by atoms with Gasteiger partial charge in [0.2, 0.25) is 0 Å². The molecule has 1 aromatic heterocycles. The van der Waals surface area contributed by atoms with E-state index >= 15 is 0 Å². The molecule has 0 aromatic carbocycles. The highest BCUT2D eigenvalue weighted by Gasteiger charge is 2.25. The number of thiocarbonyl (C=S) groups is 1. The van der Waals surface area contributed by atoms with Crippen LogP contribution in [0.25, 0.3) is 0 Å². The molecule has 2 rings (SSSR count). The Balaban J connectivity index is 2.14. The second-order valence-corrected chi connectivity index (χ2v) is 6.92. The predicted octanol–water partition coefficient (Wildman–Crippen LogP) is 2.90. The summed E-state index contributed by atoms with van der Waals surface area (Å²) in [5, 5.41) is 4.58. The van der Waals surface area contributed by atoms with E-state index in [-0.39, 0.29) is 18.2 Å². The van der Waals surface area contributed by atoms with Crippen LogP contribution in [0.3, 0.4) is 0 Å². The number of rotatable bonds is 3. The first-order valence-electron chi connectivity index (χ1n) is 7.37. The fraction of sp³-hybridized carbons (Fsp3) is 0.600. The smallest absolute Gasteiger partial charge is 0.340 e. The maximum Gasteiger partial charge on any atom is 0.340 e. The summed E-state index contributed by atoms with van der Waals surface area (Å²) < 4.78 is 10.6. The molecule has 1 aromatic rings. The highest BCUT2D eigenvalue weighted by Crippen LogP contribution is 2.29. The maximum atomic E-state index is 11.9. The maximum absolute atomic E-state index is 11.9. The summed E-state index contributed by atoms with van der Waals surface area (Å²) in [6, 6.07) is 1.87. The third kappa shape index (κ3) is 3.97. The van der Waals surface area contributed by atoms with Crippen molar-refractivity contribution >= 4 is 39.6 Å². The zero-order chi connectivity index (χ0) is 16.3. The highest BCUT2D eigenvalue weighted by molar-refractivity contribution is 7.80. The molecule has 0 radical (unpaired) electrons. The van der Waals surface area contributed by atoms with Crippen LogP contribution in [0.2, 0.25) is 0 Å². The van der Waals surface area contributed by atoms with Crippen molar-refractivity contribution < 1.29 is 14.3 Å². The van der Waals surface area contributed by atoms with E-state index in [1.165, 1.54) is 18.4 Å². The van der Waals surface area contributed by atoms with Crippen LogP contribution in [-0.4, -0.2) is 48.4 Å². The average molecular weight is 342 g/mol. The van der Waals surface area contributed by atoms with Crippen LogP contribution in [-0.2, 0) is 15.9 Å². The summed E-state index contributed by atoms with van der Waals surface area (Å²) >= 11 is 7.04. The van der Waals surface area contributed by atoms with Gasteiger partial charge < -0.3 is 19.7 Å². The predicted molar refractivity (Wildman–Crippen MR) is 92.8 cm³/mol. The molecule has 5 nitrogen and oxygen atoms in total. The molecule has 1 saturated heterocycles. The van der Waals surface area contributed by atoms with Crippen LogP contribution in [0.4, 0.5) is 5.00 Å². The minimum absolute atomic E-state index is 0.137. The van der Waals surface area contributed by atoms with Gasteiger partial charge in [-0.3, -0.25) is 0 Å². The van der Waals surface area contributed by atoms with Gasteiger partial charge in [-0.2, -0.15) is 0 Å². The Morgan fingerprint density at radius 1 is 1.50 bits per heavy atom. The minimum Gasteiger partial charge on any atom is -0.465 e. The van der Waals surface area contributed by atoms with Crippen LogP contribution in [0.1, 0.15) is 36.0 Å². The first-order chi connectivity index (χ1) is 10.4. The lowest BCUT2D eigenvalue weighted by atomic mass is 10.2. The number of carbonyl (C=O) groups excluding carboxylic acids is 1.